The SMILES string of the molecule is CC(C)C1CCN(C)C1. The molecule has 1 unspecified atom stereocenters. The van der Waals surface area contributed by atoms with Crippen molar-refractivity contribution in [2.45, 2.75) is 20.3 Å². The first-order valence-corrected chi connectivity index (χ1v) is 3.88. The maximum Gasteiger partial charge on any atom is 0.000953 e. The van der Waals surface area contributed by atoms with E-state index in [0.29, 0.717) is 0 Å². The second-order valence-electron chi connectivity index (χ2n) is 3.56. The van der Waals surface area contributed by atoms with E-state index in [-0.39, 0.29) is 0 Å². The Morgan fingerprint density at radius 3 is 2.33 bits per heavy atom. The van der Waals surface area contributed by atoms with E-state index in [9.17, 15) is 0 Å². The molecule has 9 heavy (non-hydrogen) atoms. The van der Waals surface area contributed by atoms with Crippen LogP contribution < -0.4 is 0 Å². The molecule has 1 aliphatic rings. The van der Waals surface area contributed by atoms with Crippen molar-refractivity contribution in [1.82, 2.24) is 4.90 Å². The minimum Gasteiger partial charge on any atom is -0.306 e. The van der Waals surface area contributed by atoms with Crippen LogP contribution >= 0.6 is 0 Å². The van der Waals surface area contributed by atoms with Crippen LogP contribution in [-0.4, -0.2) is 25.0 Å². The molecule has 0 aliphatic carbocycles. The van der Waals surface area contributed by atoms with Crippen molar-refractivity contribution in [2.75, 3.05) is 20.1 Å². The molecule has 0 aromatic carbocycles. The van der Waals surface area contributed by atoms with Crippen LogP contribution in [0.3, 0.4) is 0 Å². The lowest BCUT2D eigenvalue weighted by Gasteiger charge is -2.13. The zero-order valence-electron chi connectivity index (χ0n) is 6.72. The van der Waals surface area contributed by atoms with Crippen molar-refractivity contribution in [3.8, 4) is 0 Å². The van der Waals surface area contributed by atoms with E-state index in [1.807, 2.05) is 0 Å². The summed E-state index contributed by atoms with van der Waals surface area (Å²) >= 11 is 0. The fraction of sp³-hybridized carbons (Fsp3) is 1.00. The monoisotopic (exact) mass is 127 g/mol. The summed E-state index contributed by atoms with van der Waals surface area (Å²) < 4.78 is 0. The Labute approximate surface area is 58.0 Å². The lowest BCUT2D eigenvalue weighted by Crippen LogP contribution is -2.16. The summed E-state index contributed by atoms with van der Waals surface area (Å²) in [6.07, 6.45) is 1.41. The molecule has 0 spiro atoms. The van der Waals surface area contributed by atoms with Crippen LogP contribution in [0.15, 0.2) is 0 Å². The summed E-state index contributed by atoms with van der Waals surface area (Å²) in [6.45, 7) is 7.27. The Hall–Kier alpha value is -0.0400. The lowest BCUT2D eigenvalue weighted by atomic mass is 9.95. The van der Waals surface area contributed by atoms with Crippen molar-refractivity contribution in [3.63, 3.8) is 0 Å². The Bertz CT molecular complexity index is 88.6. The van der Waals surface area contributed by atoms with E-state index < -0.39 is 0 Å². The summed E-state index contributed by atoms with van der Waals surface area (Å²) in [5.74, 6) is 1.85. The quantitative estimate of drug-likeness (QED) is 0.517. The lowest BCUT2D eigenvalue weighted by molar-refractivity contribution is 0.352. The maximum absolute atomic E-state index is 2.42. The third-order valence-electron chi connectivity index (χ3n) is 2.37. The predicted molar refractivity (Wildman–Crippen MR) is 40.4 cm³/mol. The largest absolute Gasteiger partial charge is 0.306 e. The molecule has 1 aliphatic heterocycles. The van der Waals surface area contributed by atoms with E-state index >= 15 is 0 Å². The van der Waals surface area contributed by atoms with Gasteiger partial charge >= 0.3 is 0 Å². The van der Waals surface area contributed by atoms with E-state index in [0.717, 1.165) is 11.8 Å². The molecule has 54 valence electrons. The van der Waals surface area contributed by atoms with E-state index in [1.54, 1.807) is 0 Å². The molecule has 0 bridgehead atoms. The van der Waals surface area contributed by atoms with Crippen molar-refractivity contribution in [1.29, 1.82) is 0 Å². The minimum atomic E-state index is 0.884. The number of hydrogen-bond donors (Lipinski definition) is 0. The first-order valence-electron chi connectivity index (χ1n) is 3.88. The van der Waals surface area contributed by atoms with Crippen molar-refractivity contribution in [3.05, 3.63) is 0 Å². The van der Waals surface area contributed by atoms with Crippen LogP contribution in [0.1, 0.15) is 20.3 Å². The summed E-state index contributed by atoms with van der Waals surface area (Å²) in [4.78, 5) is 2.42. The third kappa shape index (κ3) is 1.68. The van der Waals surface area contributed by atoms with Crippen LogP contribution in [0, 0.1) is 11.8 Å². The number of hydrogen-bond acceptors (Lipinski definition) is 1. The second kappa shape index (κ2) is 2.70. The van der Waals surface area contributed by atoms with Gasteiger partial charge in [0.15, 0.2) is 0 Å². The molecule has 1 atom stereocenters. The standard InChI is InChI=1S/C8H17N/c1-7(2)8-4-5-9(3)6-8/h7-8H,4-6H2,1-3H3. The minimum absolute atomic E-state index is 0.884. The highest BCUT2D eigenvalue weighted by molar-refractivity contribution is 4.74. The molecule has 1 fully saturated rings. The summed E-state index contributed by atoms with van der Waals surface area (Å²) in [7, 11) is 2.21. The molecular weight excluding hydrogens is 110 g/mol. The van der Waals surface area contributed by atoms with Crippen LogP contribution in [-0.2, 0) is 0 Å². The summed E-state index contributed by atoms with van der Waals surface area (Å²) in [6, 6.07) is 0. The van der Waals surface area contributed by atoms with Crippen LogP contribution in [0.5, 0.6) is 0 Å². The van der Waals surface area contributed by atoms with Gasteiger partial charge in [0, 0.05) is 6.54 Å². The van der Waals surface area contributed by atoms with Gasteiger partial charge in [-0.2, -0.15) is 0 Å². The first-order chi connectivity index (χ1) is 4.20. The zero-order chi connectivity index (χ0) is 6.85. The van der Waals surface area contributed by atoms with Gasteiger partial charge in [-0.05, 0) is 31.8 Å². The molecule has 0 radical (unpaired) electrons. The maximum atomic E-state index is 2.42. The van der Waals surface area contributed by atoms with Gasteiger partial charge in [-0.25, -0.2) is 0 Å². The van der Waals surface area contributed by atoms with E-state index in [1.165, 1.54) is 19.5 Å². The zero-order valence-corrected chi connectivity index (χ0v) is 6.72. The van der Waals surface area contributed by atoms with Crippen molar-refractivity contribution >= 4 is 0 Å². The molecule has 0 N–H and O–H groups in total. The van der Waals surface area contributed by atoms with Gasteiger partial charge in [0.25, 0.3) is 0 Å². The van der Waals surface area contributed by atoms with Crippen LogP contribution in [0.4, 0.5) is 0 Å². The summed E-state index contributed by atoms with van der Waals surface area (Å²) in [5.41, 5.74) is 0. The van der Waals surface area contributed by atoms with Crippen LogP contribution in [0.2, 0.25) is 0 Å². The topological polar surface area (TPSA) is 3.24 Å². The summed E-state index contributed by atoms with van der Waals surface area (Å²) in [5, 5.41) is 0. The highest BCUT2D eigenvalue weighted by atomic mass is 15.1. The predicted octanol–water partition coefficient (Wildman–Crippen LogP) is 1.59. The third-order valence-corrected chi connectivity index (χ3v) is 2.37. The number of nitrogens with zero attached hydrogens (tertiary/aromatic N) is 1. The molecule has 0 aromatic rings. The fourth-order valence-electron chi connectivity index (χ4n) is 1.51. The Balaban J connectivity index is 2.30. The van der Waals surface area contributed by atoms with Crippen molar-refractivity contribution < 1.29 is 0 Å². The molecule has 1 heteroatoms. The molecule has 1 saturated heterocycles. The van der Waals surface area contributed by atoms with Crippen LogP contribution in [0.25, 0.3) is 0 Å². The van der Waals surface area contributed by atoms with Gasteiger partial charge < -0.3 is 4.90 Å². The van der Waals surface area contributed by atoms with E-state index in [4.69, 9.17) is 0 Å². The Morgan fingerprint density at radius 2 is 2.11 bits per heavy atom. The number of likely N-dealkylation sites (tertiary alicyclic amines) is 1. The highest BCUT2D eigenvalue weighted by Gasteiger charge is 2.21. The van der Waals surface area contributed by atoms with Crippen molar-refractivity contribution in [2.24, 2.45) is 11.8 Å². The Morgan fingerprint density at radius 1 is 1.44 bits per heavy atom. The molecule has 0 amide bonds. The fourth-order valence-corrected chi connectivity index (χ4v) is 1.51. The van der Waals surface area contributed by atoms with Gasteiger partial charge in [-0.15, -0.1) is 0 Å². The smallest absolute Gasteiger partial charge is 0.000953 e. The molecule has 1 nitrogen and oxygen atoms in total. The molecule has 0 aromatic heterocycles. The van der Waals surface area contributed by atoms with Gasteiger partial charge in [0.2, 0.25) is 0 Å². The van der Waals surface area contributed by atoms with E-state index in [2.05, 4.69) is 25.8 Å². The second-order valence-corrected chi connectivity index (χ2v) is 3.56. The van der Waals surface area contributed by atoms with Gasteiger partial charge in [-0.1, -0.05) is 13.8 Å². The average molecular weight is 127 g/mol. The molecule has 0 saturated carbocycles. The van der Waals surface area contributed by atoms with Gasteiger partial charge in [0.1, 0.15) is 0 Å². The first kappa shape index (κ1) is 7.07. The molecule has 1 rings (SSSR count). The van der Waals surface area contributed by atoms with Gasteiger partial charge in [0.05, 0.1) is 0 Å². The normalized spacial score (nSPS) is 30.0. The highest BCUT2D eigenvalue weighted by Crippen LogP contribution is 2.21. The number of rotatable bonds is 1. The molecule has 1 heterocycles. The average Bonchev–Trinajstić information content (AvgIpc) is 2.14. The van der Waals surface area contributed by atoms with Gasteiger partial charge in [-0.3, -0.25) is 0 Å². The Kier molecular flexibility index (Phi) is 2.12. The molecular formula is C8H17N.